The maximum atomic E-state index is 5.62. The molecule has 2 unspecified atom stereocenters. The van der Waals surface area contributed by atoms with Crippen molar-refractivity contribution < 1.29 is 4.74 Å². The van der Waals surface area contributed by atoms with Gasteiger partial charge in [0.05, 0.1) is 12.6 Å². The van der Waals surface area contributed by atoms with Crippen LogP contribution in [0, 0.1) is 5.92 Å². The van der Waals surface area contributed by atoms with E-state index in [1.54, 1.807) is 0 Å². The lowest BCUT2D eigenvalue weighted by atomic mass is 10.1. The Kier molecular flexibility index (Phi) is 2.97. The molecule has 0 amide bonds. The SMILES string of the molecule is c1ccc2c(c1)CNC(C1CC1)CN2C1CCOC1. The Morgan fingerprint density at radius 3 is 2.84 bits per heavy atom. The minimum Gasteiger partial charge on any atom is -0.379 e. The lowest BCUT2D eigenvalue weighted by Gasteiger charge is -2.32. The Hall–Kier alpha value is -1.06. The van der Waals surface area contributed by atoms with Gasteiger partial charge in [0, 0.05) is 31.4 Å². The lowest BCUT2D eigenvalue weighted by molar-refractivity contribution is 0.192. The molecule has 102 valence electrons. The van der Waals surface area contributed by atoms with Crippen LogP contribution in [0.3, 0.4) is 0 Å². The third kappa shape index (κ3) is 2.26. The molecule has 4 rings (SSSR count). The number of anilines is 1. The van der Waals surface area contributed by atoms with Gasteiger partial charge < -0.3 is 15.0 Å². The first-order valence-electron chi connectivity index (χ1n) is 7.57. The highest BCUT2D eigenvalue weighted by Crippen LogP contribution is 2.36. The van der Waals surface area contributed by atoms with Gasteiger partial charge >= 0.3 is 0 Å². The summed E-state index contributed by atoms with van der Waals surface area (Å²) in [5.41, 5.74) is 2.87. The Morgan fingerprint density at radius 1 is 1.16 bits per heavy atom. The van der Waals surface area contributed by atoms with Gasteiger partial charge in [-0.1, -0.05) is 18.2 Å². The normalized spacial score (nSPS) is 31.1. The first kappa shape index (κ1) is 11.7. The highest BCUT2D eigenvalue weighted by atomic mass is 16.5. The van der Waals surface area contributed by atoms with Gasteiger partial charge in [-0.05, 0) is 36.8 Å². The number of benzene rings is 1. The van der Waals surface area contributed by atoms with Crippen molar-refractivity contribution in [3.05, 3.63) is 29.8 Å². The largest absolute Gasteiger partial charge is 0.379 e. The van der Waals surface area contributed by atoms with Crippen LogP contribution in [0.5, 0.6) is 0 Å². The van der Waals surface area contributed by atoms with Crippen molar-refractivity contribution in [3.8, 4) is 0 Å². The predicted octanol–water partition coefficient (Wildman–Crippen LogP) is 2.16. The van der Waals surface area contributed by atoms with Crippen molar-refractivity contribution in [1.29, 1.82) is 0 Å². The minimum atomic E-state index is 0.572. The van der Waals surface area contributed by atoms with E-state index in [1.165, 1.54) is 30.5 Å². The fraction of sp³-hybridized carbons (Fsp3) is 0.625. The molecule has 3 nitrogen and oxygen atoms in total. The number of hydrogen-bond acceptors (Lipinski definition) is 3. The fourth-order valence-corrected chi connectivity index (χ4v) is 3.48. The molecule has 1 aromatic carbocycles. The van der Waals surface area contributed by atoms with Crippen LogP contribution < -0.4 is 10.2 Å². The molecule has 1 saturated carbocycles. The Balaban J connectivity index is 1.66. The summed E-state index contributed by atoms with van der Waals surface area (Å²) >= 11 is 0. The number of ether oxygens (including phenoxy) is 1. The highest BCUT2D eigenvalue weighted by Gasteiger charge is 2.36. The molecular formula is C16H22N2O. The molecule has 3 aliphatic rings. The zero-order valence-electron chi connectivity index (χ0n) is 11.3. The molecule has 0 bridgehead atoms. The summed E-state index contributed by atoms with van der Waals surface area (Å²) in [6, 6.07) is 10.1. The van der Waals surface area contributed by atoms with Crippen LogP contribution in [0.1, 0.15) is 24.8 Å². The number of rotatable bonds is 2. The van der Waals surface area contributed by atoms with E-state index >= 15 is 0 Å². The van der Waals surface area contributed by atoms with Gasteiger partial charge in [-0.15, -0.1) is 0 Å². The highest BCUT2D eigenvalue weighted by molar-refractivity contribution is 5.55. The zero-order valence-corrected chi connectivity index (χ0v) is 11.3. The van der Waals surface area contributed by atoms with Gasteiger partial charge in [-0.3, -0.25) is 0 Å². The monoisotopic (exact) mass is 258 g/mol. The quantitative estimate of drug-likeness (QED) is 0.880. The van der Waals surface area contributed by atoms with Crippen LogP contribution >= 0.6 is 0 Å². The van der Waals surface area contributed by atoms with Crippen molar-refractivity contribution in [2.24, 2.45) is 5.92 Å². The number of nitrogens with zero attached hydrogens (tertiary/aromatic N) is 1. The van der Waals surface area contributed by atoms with E-state index in [0.29, 0.717) is 12.1 Å². The van der Waals surface area contributed by atoms with Crippen LogP contribution in [0.25, 0.3) is 0 Å². The van der Waals surface area contributed by atoms with E-state index in [2.05, 4.69) is 34.5 Å². The first-order valence-corrected chi connectivity index (χ1v) is 7.57. The van der Waals surface area contributed by atoms with Crippen molar-refractivity contribution in [3.63, 3.8) is 0 Å². The molecule has 1 saturated heterocycles. The van der Waals surface area contributed by atoms with Crippen LogP contribution in [-0.2, 0) is 11.3 Å². The summed E-state index contributed by atoms with van der Waals surface area (Å²) < 4.78 is 5.62. The summed E-state index contributed by atoms with van der Waals surface area (Å²) in [7, 11) is 0. The van der Waals surface area contributed by atoms with E-state index in [0.717, 1.165) is 32.2 Å². The Morgan fingerprint density at radius 2 is 2.05 bits per heavy atom. The van der Waals surface area contributed by atoms with Crippen molar-refractivity contribution >= 4 is 5.69 Å². The maximum absolute atomic E-state index is 5.62. The second kappa shape index (κ2) is 4.80. The lowest BCUT2D eigenvalue weighted by Crippen LogP contribution is -2.44. The Labute approximate surface area is 114 Å². The maximum Gasteiger partial charge on any atom is 0.0670 e. The van der Waals surface area contributed by atoms with Gasteiger partial charge in [0.15, 0.2) is 0 Å². The summed E-state index contributed by atoms with van der Waals surface area (Å²) in [5.74, 6) is 0.902. The summed E-state index contributed by atoms with van der Waals surface area (Å²) in [5, 5.41) is 3.77. The van der Waals surface area contributed by atoms with E-state index < -0.39 is 0 Å². The minimum absolute atomic E-state index is 0.572. The molecule has 2 atom stereocenters. The number of hydrogen-bond donors (Lipinski definition) is 1. The van der Waals surface area contributed by atoms with Crippen molar-refractivity contribution in [2.45, 2.75) is 37.9 Å². The van der Waals surface area contributed by atoms with Gasteiger partial charge in [0.1, 0.15) is 0 Å². The summed E-state index contributed by atoms with van der Waals surface area (Å²) in [6.45, 7) is 3.98. The zero-order chi connectivity index (χ0) is 12.7. The second-order valence-electron chi connectivity index (χ2n) is 6.12. The molecule has 1 aromatic rings. The predicted molar refractivity (Wildman–Crippen MR) is 76.4 cm³/mol. The third-order valence-corrected chi connectivity index (χ3v) is 4.79. The van der Waals surface area contributed by atoms with Crippen LogP contribution in [0.2, 0.25) is 0 Å². The molecule has 19 heavy (non-hydrogen) atoms. The van der Waals surface area contributed by atoms with Gasteiger partial charge in [-0.2, -0.15) is 0 Å². The smallest absolute Gasteiger partial charge is 0.0670 e. The number of nitrogens with one attached hydrogen (secondary N) is 1. The molecule has 2 heterocycles. The second-order valence-corrected chi connectivity index (χ2v) is 6.12. The average molecular weight is 258 g/mol. The van der Waals surface area contributed by atoms with Crippen molar-refractivity contribution in [2.75, 3.05) is 24.7 Å². The molecule has 1 N–H and O–H groups in total. The molecule has 2 fully saturated rings. The van der Waals surface area contributed by atoms with Crippen LogP contribution in [0.4, 0.5) is 5.69 Å². The number of para-hydroxylation sites is 1. The third-order valence-electron chi connectivity index (χ3n) is 4.79. The van der Waals surface area contributed by atoms with Gasteiger partial charge in [0.2, 0.25) is 0 Å². The molecule has 0 aromatic heterocycles. The number of fused-ring (bicyclic) bond motifs is 1. The summed E-state index contributed by atoms with van der Waals surface area (Å²) in [4.78, 5) is 2.62. The fourth-order valence-electron chi connectivity index (χ4n) is 3.48. The molecule has 0 spiro atoms. The summed E-state index contributed by atoms with van der Waals surface area (Å²) in [6.07, 6.45) is 3.98. The van der Waals surface area contributed by atoms with E-state index in [1.807, 2.05) is 0 Å². The van der Waals surface area contributed by atoms with Gasteiger partial charge in [-0.25, -0.2) is 0 Å². The molecular weight excluding hydrogens is 236 g/mol. The molecule has 0 radical (unpaired) electrons. The molecule has 2 aliphatic heterocycles. The van der Waals surface area contributed by atoms with E-state index in [4.69, 9.17) is 4.74 Å². The van der Waals surface area contributed by atoms with Crippen molar-refractivity contribution in [1.82, 2.24) is 5.32 Å². The van der Waals surface area contributed by atoms with Gasteiger partial charge in [0.25, 0.3) is 0 Å². The Bertz CT molecular complexity index is 452. The van der Waals surface area contributed by atoms with E-state index in [-0.39, 0.29) is 0 Å². The standard InChI is InChI=1S/C16H22N2O/c1-2-4-16-13(3-1)9-17-15(12-5-6-12)10-18(16)14-7-8-19-11-14/h1-4,12,14-15,17H,5-11H2. The van der Waals surface area contributed by atoms with Crippen LogP contribution in [0.15, 0.2) is 24.3 Å². The average Bonchev–Trinajstić information content (AvgIpc) is 3.18. The topological polar surface area (TPSA) is 24.5 Å². The molecule has 3 heteroatoms. The first-order chi connectivity index (χ1) is 9.42. The van der Waals surface area contributed by atoms with Crippen LogP contribution in [-0.4, -0.2) is 31.8 Å². The molecule has 1 aliphatic carbocycles. The van der Waals surface area contributed by atoms with E-state index in [9.17, 15) is 0 Å².